The minimum Gasteiger partial charge on any atom is -0.496 e. The number of thiocarbonyl (C=S) groups is 1. The van der Waals surface area contributed by atoms with Crippen molar-refractivity contribution in [1.29, 1.82) is 0 Å². The van der Waals surface area contributed by atoms with Gasteiger partial charge < -0.3 is 19.5 Å². The number of nitrogens with zero attached hydrogens (tertiary/aromatic N) is 2. The normalized spacial score (nSPS) is 10.5. The Morgan fingerprint density at radius 1 is 1.17 bits per heavy atom. The van der Waals surface area contributed by atoms with Crippen LogP contribution in [0.1, 0.15) is 25.3 Å². The first kappa shape index (κ1) is 19.0. The van der Waals surface area contributed by atoms with E-state index >= 15 is 0 Å². The Balaban J connectivity index is 2.87. The van der Waals surface area contributed by atoms with Crippen LogP contribution in [0.4, 0.5) is 0 Å². The van der Waals surface area contributed by atoms with Gasteiger partial charge in [-0.25, -0.2) is 5.01 Å². The van der Waals surface area contributed by atoms with E-state index in [1.165, 1.54) is 0 Å². The predicted octanol–water partition coefficient (Wildman–Crippen LogP) is 2.65. The summed E-state index contributed by atoms with van der Waals surface area (Å²) in [5.41, 5.74) is 0.772. The van der Waals surface area contributed by atoms with Crippen molar-refractivity contribution in [2.75, 3.05) is 34.9 Å². The third-order valence-electron chi connectivity index (χ3n) is 3.21. The van der Waals surface area contributed by atoms with Crippen molar-refractivity contribution < 1.29 is 14.2 Å². The maximum atomic E-state index is 5.37. The molecule has 0 spiro atoms. The minimum atomic E-state index is 0.578. The summed E-state index contributed by atoms with van der Waals surface area (Å²) in [4.78, 5) is 0. The Bertz CT molecular complexity index is 550. The Kier molecular flexibility index (Phi) is 8.18. The zero-order valence-corrected chi connectivity index (χ0v) is 15.2. The van der Waals surface area contributed by atoms with E-state index in [0.29, 0.717) is 22.4 Å². The SMILES string of the molecule is CCCCNC(=S)N(C)/N=C\c1cc(OC)c(OC)cc1OC. The zero-order valence-electron chi connectivity index (χ0n) is 14.4. The average Bonchev–Trinajstić information content (AvgIpc) is 2.58. The first-order chi connectivity index (χ1) is 11.1. The summed E-state index contributed by atoms with van der Waals surface area (Å²) in [6.07, 6.45) is 3.86. The number of ether oxygens (including phenoxy) is 3. The van der Waals surface area contributed by atoms with Gasteiger partial charge in [-0.1, -0.05) is 13.3 Å². The maximum Gasteiger partial charge on any atom is 0.189 e. The van der Waals surface area contributed by atoms with Gasteiger partial charge in [0.25, 0.3) is 0 Å². The van der Waals surface area contributed by atoms with Crippen molar-refractivity contribution in [2.24, 2.45) is 5.10 Å². The van der Waals surface area contributed by atoms with Crippen molar-refractivity contribution in [3.05, 3.63) is 17.7 Å². The highest BCUT2D eigenvalue weighted by molar-refractivity contribution is 7.80. The monoisotopic (exact) mass is 339 g/mol. The molecule has 0 saturated heterocycles. The molecule has 0 saturated carbocycles. The van der Waals surface area contributed by atoms with Crippen molar-refractivity contribution in [1.82, 2.24) is 10.3 Å². The number of hydrogen-bond donors (Lipinski definition) is 1. The Labute approximate surface area is 143 Å². The molecule has 1 N–H and O–H groups in total. The lowest BCUT2D eigenvalue weighted by molar-refractivity contribution is 0.349. The van der Waals surface area contributed by atoms with E-state index in [2.05, 4.69) is 17.3 Å². The van der Waals surface area contributed by atoms with Crippen LogP contribution in [0.25, 0.3) is 0 Å². The Hall–Kier alpha value is -2.02. The van der Waals surface area contributed by atoms with Crippen LogP contribution in [0.3, 0.4) is 0 Å². The second kappa shape index (κ2) is 9.89. The van der Waals surface area contributed by atoms with Gasteiger partial charge in [0.15, 0.2) is 16.6 Å². The van der Waals surface area contributed by atoms with E-state index in [-0.39, 0.29) is 0 Å². The van der Waals surface area contributed by atoms with Crippen LogP contribution in [0.5, 0.6) is 17.2 Å². The molecule has 0 atom stereocenters. The van der Waals surface area contributed by atoms with E-state index in [9.17, 15) is 0 Å². The molecule has 0 amide bonds. The number of unbranched alkanes of at least 4 members (excludes halogenated alkanes) is 1. The van der Waals surface area contributed by atoms with Crippen LogP contribution >= 0.6 is 12.2 Å². The molecule has 0 radical (unpaired) electrons. The van der Waals surface area contributed by atoms with Gasteiger partial charge in [0, 0.05) is 25.2 Å². The van der Waals surface area contributed by atoms with E-state index in [4.69, 9.17) is 26.4 Å². The lowest BCUT2D eigenvalue weighted by atomic mass is 10.2. The second-order valence-electron chi connectivity index (χ2n) is 4.80. The number of hydrazone groups is 1. The topological polar surface area (TPSA) is 55.3 Å². The maximum absolute atomic E-state index is 5.37. The van der Waals surface area contributed by atoms with Crippen molar-refractivity contribution in [3.63, 3.8) is 0 Å². The van der Waals surface area contributed by atoms with Gasteiger partial charge in [-0.05, 0) is 24.7 Å². The molecule has 0 heterocycles. The van der Waals surface area contributed by atoms with Gasteiger partial charge >= 0.3 is 0 Å². The summed E-state index contributed by atoms with van der Waals surface area (Å²) in [6.45, 7) is 2.98. The molecule has 0 bridgehead atoms. The molecular formula is C16H25N3O3S. The molecule has 0 aliphatic rings. The van der Waals surface area contributed by atoms with Gasteiger partial charge in [0.05, 0.1) is 27.5 Å². The fraction of sp³-hybridized carbons (Fsp3) is 0.500. The largest absolute Gasteiger partial charge is 0.496 e. The summed E-state index contributed by atoms with van der Waals surface area (Å²) in [5.74, 6) is 1.86. The Morgan fingerprint density at radius 2 is 1.78 bits per heavy atom. The van der Waals surface area contributed by atoms with Crippen molar-refractivity contribution in [2.45, 2.75) is 19.8 Å². The van der Waals surface area contributed by atoms with Crippen LogP contribution in [0.15, 0.2) is 17.2 Å². The predicted molar refractivity (Wildman–Crippen MR) is 97.0 cm³/mol. The van der Waals surface area contributed by atoms with Crippen LogP contribution in [0, 0.1) is 0 Å². The molecule has 0 unspecified atom stereocenters. The first-order valence-electron chi connectivity index (χ1n) is 7.42. The quantitative estimate of drug-likeness (QED) is 0.340. The summed E-state index contributed by atoms with van der Waals surface area (Å²) < 4.78 is 15.9. The highest BCUT2D eigenvalue weighted by Crippen LogP contribution is 2.33. The van der Waals surface area contributed by atoms with Crippen LogP contribution in [0.2, 0.25) is 0 Å². The number of rotatable bonds is 8. The molecule has 23 heavy (non-hydrogen) atoms. The highest BCUT2D eigenvalue weighted by atomic mass is 32.1. The summed E-state index contributed by atoms with van der Waals surface area (Å²) >= 11 is 5.28. The second-order valence-corrected chi connectivity index (χ2v) is 5.19. The molecule has 6 nitrogen and oxygen atoms in total. The third kappa shape index (κ3) is 5.59. The van der Waals surface area contributed by atoms with Crippen LogP contribution in [-0.4, -0.2) is 51.3 Å². The summed E-state index contributed by atoms with van der Waals surface area (Å²) in [7, 11) is 6.56. The molecule has 128 valence electrons. The van der Waals surface area contributed by atoms with E-state index in [1.807, 2.05) is 6.07 Å². The molecule has 0 aliphatic carbocycles. The molecule has 0 aliphatic heterocycles. The van der Waals surface area contributed by atoms with Gasteiger partial charge in [0.2, 0.25) is 0 Å². The lowest BCUT2D eigenvalue weighted by Crippen LogP contribution is -2.34. The summed E-state index contributed by atoms with van der Waals surface area (Å²) in [5, 5.41) is 9.69. The number of methoxy groups -OCH3 is 3. The van der Waals surface area contributed by atoms with Gasteiger partial charge in [-0.2, -0.15) is 5.10 Å². The van der Waals surface area contributed by atoms with Crippen LogP contribution in [-0.2, 0) is 0 Å². The van der Waals surface area contributed by atoms with Crippen molar-refractivity contribution >= 4 is 23.5 Å². The van der Waals surface area contributed by atoms with Gasteiger partial charge in [0.1, 0.15) is 5.75 Å². The lowest BCUT2D eigenvalue weighted by Gasteiger charge is -2.16. The standard InChI is InChI=1S/C16H25N3O3S/c1-6-7-8-17-16(23)19(2)18-11-12-9-14(21-4)15(22-5)10-13(12)20-3/h9-11H,6-8H2,1-5H3,(H,17,23)/b18-11-. The molecule has 1 aromatic rings. The summed E-state index contributed by atoms with van der Waals surface area (Å²) in [6, 6.07) is 3.57. The minimum absolute atomic E-state index is 0.578. The molecular weight excluding hydrogens is 314 g/mol. The third-order valence-corrected chi connectivity index (χ3v) is 3.61. The fourth-order valence-corrected chi connectivity index (χ4v) is 1.99. The van der Waals surface area contributed by atoms with Gasteiger partial charge in [-0.3, -0.25) is 0 Å². The van der Waals surface area contributed by atoms with Crippen LogP contribution < -0.4 is 19.5 Å². The number of nitrogens with one attached hydrogen (secondary N) is 1. The molecule has 0 aromatic heterocycles. The zero-order chi connectivity index (χ0) is 17.2. The average molecular weight is 339 g/mol. The molecule has 1 rings (SSSR count). The molecule has 1 aromatic carbocycles. The Morgan fingerprint density at radius 3 is 2.35 bits per heavy atom. The van der Waals surface area contributed by atoms with E-state index in [1.54, 1.807) is 45.7 Å². The fourth-order valence-electron chi connectivity index (χ4n) is 1.84. The van der Waals surface area contributed by atoms with Gasteiger partial charge in [-0.15, -0.1) is 0 Å². The highest BCUT2D eigenvalue weighted by Gasteiger charge is 2.11. The van der Waals surface area contributed by atoms with E-state index in [0.717, 1.165) is 24.9 Å². The van der Waals surface area contributed by atoms with Crippen molar-refractivity contribution in [3.8, 4) is 17.2 Å². The number of benzene rings is 1. The molecule has 7 heteroatoms. The van der Waals surface area contributed by atoms with E-state index < -0.39 is 0 Å². The smallest absolute Gasteiger partial charge is 0.189 e. The first-order valence-corrected chi connectivity index (χ1v) is 7.83. The number of hydrogen-bond acceptors (Lipinski definition) is 5. The molecule has 0 fully saturated rings.